The van der Waals surface area contributed by atoms with Crippen LogP contribution in [-0.4, -0.2) is 32.8 Å². The second-order valence-corrected chi connectivity index (χ2v) is 3.16. The topological polar surface area (TPSA) is 76.7 Å². The van der Waals surface area contributed by atoms with E-state index < -0.39 is 0 Å². The highest BCUT2D eigenvalue weighted by molar-refractivity contribution is 5.90. The van der Waals surface area contributed by atoms with Crippen LogP contribution >= 0.6 is 0 Å². The van der Waals surface area contributed by atoms with Crippen LogP contribution in [0, 0.1) is 5.41 Å². The average Bonchev–Trinajstić information content (AvgIpc) is 2.71. The Morgan fingerprint density at radius 2 is 2.19 bits per heavy atom. The highest BCUT2D eigenvalue weighted by Crippen LogP contribution is 2.15. The Labute approximate surface area is 92.4 Å². The molecule has 0 radical (unpaired) electrons. The molecule has 0 aliphatic rings. The standard InChI is InChI=1S/C10H11N5O/c1-15-9(10(11)16-2)5-7(14-15)8-6-12-3-4-13-8/h3-6,11H,1-2H3. The number of methoxy groups -OCH3 is 1. The van der Waals surface area contributed by atoms with Crippen LogP contribution in [0.3, 0.4) is 0 Å². The van der Waals surface area contributed by atoms with Gasteiger partial charge in [-0.1, -0.05) is 0 Å². The number of aromatic nitrogens is 4. The lowest BCUT2D eigenvalue weighted by molar-refractivity contribution is 0.397. The maximum absolute atomic E-state index is 7.58. The fraction of sp³-hybridized carbons (Fsp3) is 0.200. The zero-order valence-electron chi connectivity index (χ0n) is 9.01. The third-order valence-electron chi connectivity index (χ3n) is 2.14. The maximum Gasteiger partial charge on any atom is 0.231 e. The Morgan fingerprint density at radius 1 is 1.38 bits per heavy atom. The number of nitrogens with one attached hydrogen (secondary N) is 1. The smallest absolute Gasteiger partial charge is 0.231 e. The minimum Gasteiger partial charge on any atom is -0.480 e. The molecule has 2 heterocycles. The van der Waals surface area contributed by atoms with Crippen molar-refractivity contribution in [3.05, 3.63) is 30.4 Å². The molecular weight excluding hydrogens is 206 g/mol. The highest BCUT2D eigenvalue weighted by atomic mass is 16.5. The van der Waals surface area contributed by atoms with Gasteiger partial charge in [0.15, 0.2) is 0 Å². The van der Waals surface area contributed by atoms with Gasteiger partial charge in [-0.05, 0) is 6.07 Å². The van der Waals surface area contributed by atoms with Gasteiger partial charge in [0.2, 0.25) is 5.90 Å². The molecule has 6 nitrogen and oxygen atoms in total. The van der Waals surface area contributed by atoms with Gasteiger partial charge in [0.05, 0.1) is 13.3 Å². The van der Waals surface area contributed by atoms with Crippen LogP contribution in [0.25, 0.3) is 11.4 Å². The first-order chi connectivity index (χ1) is 7.72. The molecular formula is C10H11N5O. The first-order valence-electron chi connectivity index (χ1n) is 4.65. The number of nitrogens with zero attached hydrogens (tertiary/aromatic N) is 4. The normalized spacial score (nSPS) is 10.1. The van der Waals surface area contributed by atoms with Crippen molar-refractivity contribution in [3.8, 4) is 11.4 Å². The summed E-state index contributed by atoms with van der Waals surface area (Å²) in [5.74, 6) is 0.0742. The van der Waals surface area contributed by atoms with E-state index in [2.05, 4.69) is 15.1 Å². The van der Waals surface area contributed by atoms with Gasteiger partial charge in [-0.2, -0.15) is 5.10 Å². The number of hydrogen-bond acceptors (Lipinski definition) is 5. The molecule has 0 saturated carbocycles. The Hall–Kier alpha value is -2.24. The fourth-order valence-electron chi connectivity index (χ4n) is 1.34. The average molecular weight is 217 g/mol. The van der Waals surface area contributed by atoms with Gasteiger partial charge in [-0.15, -0.1) is 0 Å². The largest absolute Gasteiger partial charge is 0.480 e. The van der Waals surface area contributed by atoms with Crippen LogP contribution < -0.4 is 0 Å². The summed E-state index contributed by atoms with van der Waals surface area (Å²) in [6.45, 7) is 0. The van der Waals surface area contributed by atoms with Crippen molar-refractivity contribution < 1.29 is 4.74 Å². The van der Waals surface area contributed by atoms with Crippen LogP contribution in [0.1, 0.15) is 5.69 Å². The van der Waals surface area contributed by atoms with Gasteiger partial charge in [-0.25, -0.2) is 0 Å². The number of rotatable bonds is 2. The molecule has 0 bridgehead atoms. The molecule has 6 heteroatoms. The van der Waals surface area contributed by atoms with E-state index in [9.17, 15) is 0 Å². The maximum atomic E-state index is 7.58. The van der Waals surface area contributed by atoms with Crippen LogP contribution in [0.2, 0.25) is 0 Å². The molecule has 82 valence electrons. The van der Waals surface area contributed by atoms with Crippen molar-refractivity contribution in [3.63, 3.8) is 0 Å². The molecule has 16 heavy (non-hydrogen) atoms. The Bertz CT molecular complexity index is 505. The van der Waals surface area contributed by atoms with Gasteiger partial charge in [0.25, 0.3) is 0 Å². The zero-order valence-corrected chi connectivity index (χ0v) is 9.01. The molecule has 0 spiro atoms. The third-order valence-corrected chi connectivity index (χ3v) is 2.14. The Balaban J connectivity index is 2.42. The lowest BCUT2D eigenvalue weighted by atomic mass is 10.3. The second kappa shape index (κ2) is 4.09. The highest BCUT2D eigenvalue weighted by Gasteiger charge is 2.12. The molecule has 0 saturated heterocycles. The van der Waals surface area contributed by atoms with Gasteiger partial charge in [0, 0.05) is 19.4 Å². The van der Waals surface area contributed by atoms with E-state index in [-0.39, 0.29) is 5.90 Å². The summed E-state index contributed by atoms with van der Waals surface area (Å²) in [5, 5.41) is 11.8. The van der Waals surface area contributed by atoms with Crippen LogP contribution in [-0.2, 0) is 11.8 Å². The summed E-state index contributed by atoms with van der Waals surface area (Å²) >= 11 is 0. The first kappa shape index (κ1) is 10.3. The summed E-state index contributed by atoms with van der Waals surface area (Å²) in [5.41, 5.74) is 1.95. The summed E-state index contributed by atoms with van der Waals surface area (Å²) in [7, 11) is 3.21. The second-order valence-electron chi connectivity index (χ2n) is 3.16. The summed E-state index contributed by atoms with van der Waals surface area (Å²) in [4.78, 5) is 8.11. The van der Waals surface area contributed by atoms with Crippen molar-refractivity contribution in [2.24, 2.45) is 7.05 Å². The van der Waals surface area contributed by atoms with Crippen molar-refractivity contribution in [1.29, 1.82) is 5.41 Å². The Morgan fingerprint density at radius 3 is 2.81 bits per heavy atom. The van der Waals surface area contributed by atoms with Crippen LogP contribution in [0.5, 0.6) is 0 Å². The molecule has 0 aliphatic heterocycles. The minimum absolute atomic E-state index is 0.0742. The summed E-state index contributed by atoms with van der Waals surface area (Å²) < 4.78 is 6.43. The van der Waals surface area contributed by atoms with Crippen molar-refractivity contribution >= 4 is 5.90 Å². The van der Waals surface area contributed by atoms with Gasteiger partial charge >= 0.3 is 0 Å². The van der Waals surface area contributed by atoms with Crippen molar-refractivity contribution in [2.45, 2.75) is 0 Å². The Kier molecular flexibility index (Phi) is 2.63. The molecule has 0 atom stereocenters. The number of ether oxygens (including phenoxy) is 1. The lowest BCUT2D eigenvalue weighted by Crippen LogP contribution is -2.07. The summed E-state index contributed by atoms with van der Waals surface area (Å²) in [6.07, 6.45) is 4.83. The van der Waals surface area contributed by atoms with Gasteiger partial charge < -0.3 is 4.74 Å². The fourth-order valence-corrected chi connectivity index (χ4v) is 1.34. The number of hydrogen-bond donors (Lipinski definition) is 1. The molecule has 0 fully saturated rings. The van der Waals surface area contributed by atoms with Gasteiger partial charge in [0.1, 0.15) is 17.1 Å². The third kappa shape index (κ3) is 1.77. The van der Waals surface area contributed by atoms with Gasteiger partial charge in [-0.3, -0.25) is 20.1 Å². The van der Waals surface area contributed by atoms with Crippen LogP contribution in [0.15, 0.2) is 24.7 Å². The quantitative estimate of drug-likeness (QED) is 0.597. The van der Waals surface area contributed by atoms with Crippen molar-refractivity contribution in [2.75, 3.05) is 7.11 Å². The monoisotopic (exact) mass is 217 g/mol. The van der Waals surface area contributed by atoms with E-state index in [1.54, 1.807) is 36.4 Å². The van der Waals surface area contributed by atoms with E-state index in [0.29, 0.717) is 17.1 Å². The molecule has 2 aromatic heterocycles. The van der Waals surface area contributed by atoms with Crippen LogP contribution in [0.4, 0.5) is 0 Å². The molecule has 0 aromatic carbocycles. The lowest BCUT2D eigenvalue weighted by Gasteiger charge is -2.00. The minimum atomic E-state index is 0.0742. The molecule has 2 rings (SSSR count). The summed E-state index contributed by atoms with van der Waals surface area (Å²) in [6, 6.07) is 1.75. The van der Waals surface area contributed by atoms with E-state index >= 15 is 0 Å². The van der Waals surface area contributed by atoms with E-state index in [1.807, 2.05) is 0 Å². The zero-order chi connectivity index (χ0) is 11.5. The first-order valence-corrected chi connectivity index (χ1v) is 4.65. The number of aryl methyl sites for hydroxylation is 1. The molecule has 0 unspecified atom stereocenters. The van der Waals surface area contributed by atoms with Crippen molar-refractivity contribution in [1.82, 2.24) is 19.7 Å². The predicted octanol–water partition coefficient (Wildman–Crippen LogP) is 0.849. The predicted molar refractivity (Wildman–Crippen MR) is 58.1 cm³/mol. The molecule has 2 aromatic rings. The van der Waals surface area contributed by atoms with E-state index in [4.69, 9.17) is 10.1 Å². The van der Waals surface area contributed by atoms with E-state index in [0.717, 1.165) is 0 Å². The van der Waals surface area contributed by atoms with E-state index in [1.165, 1.54) is 7.11 Å². The molecule has 0 amide bonds. The SMILES string of the molecule is COC(=N)c1cc(-c2cnccn2)nn1C. The molecule has 0 aliphatic carbocycles. The molecule has 1 N–H and O–H groups in total.